The zero-order valence-electron chi connectivity index (χ0n) is 18.9. The Bertz CT molecular complexity index is 1580. The van der Waals surface area contributed by atoms with Gasteiger partial charge in [-0.05, 0) is 55.0 Å². The van der Waals surface area contributed by atoms with Crippen molar-refractivity contribution >= 4 is 25.6 Å². The number of alkyl halides is 6. The topological polar surface area (TPSA) is 97.4 Å². The number of sulfone groups is 2. The van der Waals surface area contributed by atoms with Gasteiger partial charge in [0.15, 0.2) is 0 Å². The molecule has 6 nitrogen and oxygen atoms in total. The van der Waals surface area contributed by atoms with Crippen LogP contribution in [0.15, 0.2) is 86.3 Å². The van der Waals surface area contributed by atoms with E-state index in [4.69, 9.17) is 0 Å². The summed E-state index contributed by atoms with van der Waals surface area (Å²) in [5, 5.41) is 1.66. The van der Waals surface area contributed by atoms with E-state index in [-0.39, 0.29) is 11.6 Å². The number of rotatable bonds is 6. The molecule has 38 heavy (non-hydrogen) atoms. The third kappa shape index (κ3) is 5.83. The Morgan fingerprint density at radius 2 is 1.34 bits per heavy atom. The number of amides is 1. The lowest BCUT2D eigenvalue weighted by atomic mass is 10.1. The molecule has 0 aromatic heterocycles. The Hall–Kier alpha value is -3.46. The Morgan fingerprint density at radius 1 is 0.763 bits per heavy atom. The molecule has 204 valence electrons. The highest BCUT2D eigenvalue weighted by molar-refractivity contribution is 7.94. The average molecular weight is 584 g/mol. The summed E-state index contributed by atoms with van der Waals surface area (Å²) in [6.07, 6.45) is -10.2. The van der Waals surface area contributed by atoms with Crippen LogP contribution >= 0.6 is 0 Å². The molecular weight excluding hydrogens is 567 g/mol. The predicted molar refractivity (Wildman–Crippen MR) is 118 cm³/mol. The predicted octanol–water partition coefficient (Wildman–Crippen LogP) is 5.25. The molecule has 0 saturated heterocycles. The second kappa shape index (κ2) is 10.0. The Morgan fingerprint density at radius 3 is 1.87 bits per heavy atom. The van der Waals surface area contributed by atoms with Crippen LogP contribution in [0, 0.1) is 5.82 Å². The van der Waals surface area contributed by atoms with E-state index in [0.29, 0.717) is 12.1 Å². The fourth-order valence-electron chi connectivity index (χ4n) is 3.32. The van der Waals surface area contributed by atoms with Gasteiger partial charge in [-0.3, -0.25) is 4.79 Å². The van der Waals surface area contributed by atoms with Gasteiger partial charge < -0.3 is 5.32 Å². The molecule has 1 atom stereocenters. The van der Waals surface area contributed by atoms with Crippen molar-refractivity contribution in [3.05, 3.63) is 83.7 Å². The first-order valence-corrected chi connectivity index (χ1v) is 13.3. The lowest BCUT2D eigenvalue weighted by Gasteiger charge is -2.17. The maximum absolute atomic E-state index is 14.3. The number of halogens is 7. The molecule has 0 bridgehead atoms. The van der Waals surface area contributed by atoms with E-state index in [9.17, 15) is 52.4 Å². The lowest BCUT2D eigenvalue weighted by molar-refractivity contribution is -0.174. The van der Waals surface area contributed by atoms with Crippen LogP contribution in [-0.4, -0.2) is 28.9 Å². The van der Waals surface area contributed by atoms with E-state index in [1.807, 2.05) is 0 Å². The third-order valence-corrected chi connectivity index (χ3v) is 9.06. The van der Waals surface area contributed by atoms with Crippen LogP contribution in [-0.2, 0) is 30.6 Å². The number of carbonyl (C=O) groups excluding carboxylic acids is 1. The zero-order valence-corrected chi connectivity index (χ0v) is 20.6. The van der Waals surface area contributed by atoms with Gasteiger partial charge in [-0.2, -0.15) is 26.3 Å². The largest absolute Gasteiger partial charge is 0.471 e. The molecule has 1 amide bonds. The van der Waals surface area contributed by atoms with E-state index in [1.165, 1.54) is 6.92 Å². The van der Waals surface area contributed by atoms with Gasteiger partial charge in [-0.1, -0.05) is 24.3 Å². The highest BCUT2D eigenvalue weighted by atomic mass is 32.2. The first kappa shape index (κ1) is 29.1. The first-order valence-electron chi connectivity index (χ1n) is 10.3. The summed E-state index contributed by atoms with van der Waals surface area (Å²) in [6.45, 7) is 1.18. The monoisotopic (exact) mass is 583 g/mol. The van der Waals surface area contributed by atoms with Crippen molar-refractivity contribution in [1.82, 2.24) is 5.32 Å². The van der Waals surface area contributed by atoms with Crippen molar-refractivity contribution in [2.75, 3.05) is 0 Å². The van der Waals surface area contributed by atoms with Crippen LogP contribution in [0.5, 0.6) is 0 Å². The molecule has 0 fully saturated rings. The van der Waals surface area contributed by atoms with Crippen LogP contribution < -0.4 is 5.32 Å². The summed E-state index contributed by atoms with van der Waals surface area (Å²) in [5.74, 6) is -3.57. The zero-order chi connectivity index (χ0) is 28.7. The molecule has 3 aromatic rings. The van der Waals surface area contributed by atoms with E-state index in [0.717, 1.165) is 48.5 Å². The molecule has 0 aliphatic rings. The molecule has 0 aliphatic heterocycles. The molecule has 0 spiro atoms. The fraction of sp³-hybridized carbons (Fsp3) is 0.174. The maximum atomic E-state index is 14.3. The molecule has 0 heterocycles. The summed E-state index contributed by atoms with van der Waals surface area (Å²) in [7, 11) is -9.99. The van der Waals surface area contributed by atoms with Crippen LogP contribution in [0.3, 0.4) is 0 Å². The van der Waals surface area contributed by atoms with Crippen molar-refractivity contribution in [2.24, 2.45) is 0 Å². The Balaban J connectivity index is 2.12. The number of hydrogen-bond acceptors (Lipinski definition) is 5. The minimum atomic E-state index is -5.17. The molecule has 0 radical (unpaired) electrons. The highest BCUT2D eigenvalue weighted by Crippen LogP contribution is 2.37. The second-order valence-corrected chi connectivity index (χ2v) is 11.7. The summed E-state index contributed by atoms with van der Waals surface area (Å²) >= 11 is 0. The SMILES string of the molecule is C[C@H](NC(=O)C(F)(F)F)c1ccc(S(=O)(=O)c2ccc(C(F)(F)F)cc2S(=O)(=O)c2ccccc2F)cc1. The minimum absolute atomic E-state index is 0.0353. The minimum Gasteiger partial charge on any atom is -0.342 e. The van der Waals surface area contributed by atoms with E-state index < -0.39 is 74.9 Å². The van der Waals surface area contributed by atoms with Crippen molar-refractivity contribution in [3.63, 3.8) is 0 Å². The van der Waals surface area contributed by atoms with Crippen molar-refractivity contribution in [1.29, 1.82) is 0 Å². The van der Waals surface area contributed by atoms with Crippen molar-refractivity contribution in [3.8, 4) is 0 Å². The van der Waals surface area contributed by atoms with Gasteiger partial charge >= 0.3 is 18.3 Å². The smallest absolute Gasteiger partial charge is 0.342 e. The van der Waals surface area contributed by atoms with Gasteiger partial charge in [0.1, 0.15) is 10.7 Å². The van der Waals surface area contributed by atoms with Gasteiger partial charge in [-0.15, -0.1) is 0 Å². The quantitative estimate of drug-likeness (QED) is 0.400. The fourth-order valence-corrected chi connectivity index (χ4v) is 6.73. The Labute approximate surface area is 211 Å². The van der Waals surface area contributed by atoms with Gasteiger partial charge in [-0.25, -0.2) is 21.2 Å². The summed E-state index contributed by atoms with van der Waals surface area (Å²) < 4.78 is 145. The van der Waals surface area contributed by atoms with E-state index in [1.54, 1.807) is 5.32 Å². The highest BCUT2D eigenvalue weighted by Gasteiger charge is 2.40. The lowest BCUT2D eigenvalue weighted by Crippen LogP contribution is -2.38. The van der Waals surface area contributed by atoms with Gasteiger partial charge in [0.25, 0.3) is 0 Å². The second-order valence-electron chi connectivity index (χ2n) is 7.86. The van der Waals surface area contributed by atoms with E-state index in [2.05, 4.69) is 0 Å². The summed E-state index contributed by atoms with van der Waals surface area (Å²) in [6, 6.07) is 7.14. The standard InChI is InChI=1S/C23H16F7NO5S2/c1-13(31-21(32)23(28,29)30)14-6-9-16(10-7-14)37(33,34)19-11-8-15(22(25,26)27)12-20(19)38(35,36)18-5-3-2-4-17(18)24/h2-13H,1H3,(H,31,32)/t13-/m0/s1. The average Bonchev–Trinajstić information content (AvgIpc) is 2.82. The summed E-state index contributed by atoms with van der Waals surface area (Å²) in [5.41, 5.74) is -1.47. The number of carbonyl (C=O) groups is 1. The molecule has 3 rings (SSSR count). The molecule has 0 saturated carbocycles. The van der Waals surface area contributed by atoms with Crippen LogP contribution in [0.1, 0.15) is 24.1 Å². The molecule has 15 heteroatoms. The third-order valence-electron chi connectivity index (χ3n) is 5.27. The van der Waals surface area contributed by atoms with Gasteiger partial charge in [0, 0.05) is 0 Å². The van der Waals surface area contributed by atoms with Crippen molar-refractivity contribution < 1.29 is 52.4 Å². The molecular formula is C23H16F7NO5S2. The van der Waals surface area contributed by atoms with Crippen molar-refractivity contribution in [2.45, 2.75) is 44.9 Å². The van der Waals surface area contributed by atoms with Crippen LogP contribution in [0.25, 0.3) is 0 Å². The van der Waals surface area contributed by atoms with Crippen LogP contribution in [0.2, 0.25) is 0 Å². The number of nitrogens with one attached hydrogen (secondary N) is 1. The molecule has 1 N–H and O–H groups in total. The van der Waals surface area contributed by atoms with Crippen LogP contribution in [0.4, 0.5) is 30.7 Å². The number of benzene rings is 3. The molecule has 0 aliphatic carbocycles. The van der Waals surface area contributed by atoms with Gasteiger partial charge in [0.2, 0.25) is 19.7 Å². The normalized spacial score (nSPS) is 13.7. The first-order chi connectivity index (χ1) is 17.4. The van der Waals surface area contributed by atoms with Gasteiger partial charge in [0.05, 0.1) is 26.3 Å². The number of hydrogen-bond donors (Lipinski definition) is 1. The maximum Gasteiger partial charge on any atom is 0.471 e. The van der Waals surface area contributed by atoms with E-state index >= 15 is 0 Å². The molecule has 0 unspecified atom stereocenters. The summed E-state index contributed by atoms with van der Waals surface area (Å²) in [4.78, 5) is 7.04. The Kier molecular flexibility index (Phi) is 7.67. The molecule has 3 aromatic carbocycles.